The van der Waals surface area contributed by atoms with Crippen LogP contribution in [0.25, 0.3) is 0 Å². The Morgan fingerprint density at radius 1 is 1.00 bits per heavy atom. The van der Waals surface area contributed by atoms with Crippen LogP contribution >= 0.6 is 0 Å². The fourth-order valence-electron chi connectivity index (χ4n) is 1.15. The van der Waals surface area contributed by atoms with Crippen molar-refractivity contribution in [1.82, 2.24) is 0 Å². The molecule has 0 N–H and O–H groups in total. The van der Waals surface area contributed by atoms with Crippen LogP contribution in [0.5, 0.6) is 0 Å². The molecule has 18 heavy (non-hydrogen) atoms. The van der Waals surface area contributed by atoms with Crippen molar-refractivity contribution >= 4 is 21.7 Å². The smallest absolute Gasteiger partial charge is 0.744 e. The summed E-state index contributed by atoms with van der Waals surface area (Å²) in [4.78, 5) is 21.6. The summed E-state index contributed by atoms with van der Waals surface area (Å²) in [5.41, 5.74) is 0.0595. The Bertz CT molecular complexity index is 531. The van der Waals surface area contributed by atoms with Crippen LogP contribution in [0.15, 0.2) is 23.1 Å². The summed E-state index contributed by atoms with van der Waals surface area (Å²) < 4.78 is 32.4. The van der Waals surface area contributed by atoms with E-state index in [1.54, 1.807) is 0 Å². The van der Waals surface area contributed by atoms with Gasteiger partial charge in [0.25, 0.3) is 0 Å². The molecule has 94 valence electrons. The van der Waals surface area contributed by atoms with Crippen LogP contribution in [-0.2, 0) is 10.1 Å². The third-order valence-corrected chi connectivity index (χ3v) is 2.82. The first-order chi connectivity index (χ1) is 7.21. The zero-order valence-corrected chi connectivity index (χ0v) is 12.5. The van der Waals surface area contributed by atoms with E-state index in [0.717, 1.165) is 12.1 Å². The maximum Gasteiger partial charge on any atom is 1.00 e. The van der Waals surface area contributed by atoms with Gasteiger partial charge in [0.2, 0.25) is 0 Å². The number of Topliss-reactive ketones (excluding diaryl/α,β-unsaturated/α-hetero) is 2. The minimum Gasteiger partial charge on any atom is -0.744 e. The Balaban J connectivity index is 0. The molecule has 0 heterocycles. The third-order valence-electron chi connectivity index (χ3n) is 2.01. The van der Waals surface area contributed by atoms with E-state index in [4.69, 9.17) is 0 Å². The standard InChI is InChI=1S/C10H10O5S.CH4.Na/c1-6(11)8-3-9(7(2)12)5-10(4-8)16(13,14)15;;/h3-5H,1-2H3,(H,13,14,15);1H4;/q;;+1/p-1. The number of benzene rings is 1. The van der Waals surface area contributed by atoms with Gasteiger partial charge in [-0.1, -0.05) is 7.43 Å². The molecule has 0 saturated carbocycles. The molecule has 0 spiro atoms. The molecule has 5 nitrogen and oxygen atoms in total. The first kappa shape index (κ1) is 19.8. The molecular weight excluding hydrogens is 267 g/mol. The number of carbonyl (C=O) groups is 2. The second-order valence-corrected chi connectivity index (χ2v) is 4.69. The molecule has 0 aromatic heterocycles. The molecule has 1 aromatic carbocycles. The number of rotatable bonds is 3. The van der Waals surface area contributed by atoms with E-state index in [1.807, 2.05) is 0 Å². The van der Waals surface area contributed by atoms with Crippen LogP contribution in [0.4, 0.5) is 0 Å². The number of hydrogen-bond acceptors (Lipinski definition) is 5. The van der Waals surface area contributed by atoms with E-state index in [9.17, 15) is 22.6 Å². The second kappa shape index (κ2) is 7.16. The van der Waals surface area contributed by atoms with Gasteiger partial charge in [-0.15, -0.1) is 0 Å². The van der Waals surface area contributed by atoms with Crippen LogP contribution < -0.4 is 29.6 Å². The van der Waals surface area contributed by atoms with Gasteiger partial charge in [0.1, 0.15) is 10.1 Å². The summed E-state index contributed by atoms with van der Waals surface area (Å²) in [5, 5.41) is 0. The zero-order valence-electron chi connectivity index (χ0n) is 9.68. The Labute approximate surface area is 129 Å². The Kier molecular flexibility index (Phi) is 7.87. The maximum atomic E-state index is 11.1. The molecule has 0 fully saturated rings. The van der Waals surface area contributed by atoms with Gasteiger partial charge >= 0.3 is 29.6 Å². The molecule has 0 atom stereocenters. The van der Waals surface area contributed by atoms with E-state index in [1.165, 1.54) is 19.9 Å². The van der Waals surface area contributed by atoms with Crippen molar-refractivity contribution in [3.8, 4) is 0 Å². The Morgan fingerprint density at radius 3 is 1.56 bits per heavy atom. The summed E-state index contributed by atoms with van der Waals surface area (Å²) in [6.07, 6.45) is 0. The van der Waals surface area contributed by atoms with Crippen LogP contribution in [0.1, 0.15) is 42.0 Å². The minimum atomic E-state index is -4.67. The molecule has 0 amide bonds. The summed E-state index contributed by atoms with van der Waals surface area (Å²) in [7, 11) is -4.67. The summed E-state index contributed by atoms with van der Waals surface area (Å²) in [6, 6.07) is 3.20. The number of ketones is 2. The van der Waals surface area contributed by atoms with Gasteiger partial charge in [0.15, 0.2) is 11.6 Å². The van der Waals surface area contributed by atoms with E-state index >= 15 is 0 Å². The first-order valence-electron chi connectivity index (χ1n) is 4.34. The van der Waals surface area contributed by atoms with Crippen LogP contribution in [0.3, 0.4) is 0 Å². The van der Waals surface area contributed by atoms with E-state index in [2.05, 4.69) is 0 Å². The minimum absolute atomic E-state index is 0. The maximum absolute atomic E-state index is 11.1. The molecule has 7 heteroatoms. The van der Waals surface area contributed by atoms with Crippen LogP contribution in [0.2, 0.25) is 0 Å². The average molecular weight is 280 g/mol. The second-order valence-electron chi connectivity index (χ2n) is 3.31. The predicted molar refractivity (Wildman–Crippen MR) is 61.1 cm³/mol. The molecule has 0 saturated heterocycles. The van der Waals surface area contributed by atoms with Crippen LogP contribution in [-0.4, -0.2) is 24.5 Å². The van der Waals surface area contributed by atoms with Crippen molar-refractivity contribution in [1.29, 1.82) is 0 Å². The quantitative estimate of drug-likeness (QED) is 0.387. The summed E-state index contributed by atoms with van der Waals surface area (Å²) >= 11 is 0. The average Bonchev–Trinajstić information content (AvgIpc) is 2.15. The third kappa shape index (κ3) is 4.99. The monoisotopic (exact) mass is 280 g/mol. The SMILES string of the molecule is C.CC(=O)c1cc(C(C)=O)cc(S(=O)(=O)[O-])c1.[Na+]. The van der Waals surface area contributed by atoms with E-state index in [-0.39, 0.29) is 48.1 Å². The summed E-state index contributed by atoms with van der Waals surface area (Å²) in [6.45, 7) is 2.45. The molecule has 0 unspecified atom stereocenters. The zero-order chi connectivity index (χ0) is 12.5. The summed E-state index contributed by atoms with van der Waals surface area (Å²) in [5.74, 6) is -0.819. The molecule has 1 aromatic rings. The molecule has 0 aliphatic carbocycles. The van der Waals surface area contributed by atoms with Crippen molar-refractivity contribution in [3.63, 3.8) is 0 Å². The van der Waals surface area contributed by atoms with E-state index < -0.39 is 26.6 Å². The van der Waals surface area contributed by atoms with Gasteiger partial charge in [0, 0.05) is 11.1 Å². The van der Waals surface area contributed by atoms with Gasteiger partial charge in [-0.3, -0.25) is 9.59 Å². The number of hydrogen-bond donors (Lipinski definition) is 0. The molecule has 1 rings (SSSR count). The molecule has 0 bridgehead atoms. The van der Waals surface area contributed by atoms with Gasteiger partial charge in [0.05, 0.1) is 4.90 Å². The largest absolute Gasteiger partial charge is 1.00 e. The predicted octanol–water partition coefficient (Wildman–Crippen LogP) is -1.36. The van der Waals surface area contributed by atoms with Crippen LogP contribution in [0, 0.1) is 0 Å². The van der Waals surface area contributed by atoms with Gasteiger partial charge < -0.3 is 4.55 Å². The van der Waals surface area contributed by atoms with Gasteiger partial charge in [-0.2, -0.15) is 0 Å². The normalized spacial score (nSPS) is 9.94. The van der Waals surface area contributed by atoms with Gasteiger partial charge in [-0.25, -0.2) is 8.42 Å². The van der Waals surface area contributed by atoms with Crippen molar-refractivity contribution in [3.05, 3.63) is 29.3 Å². The van der Waals surface area contributed by atoms with Crippen molar-refractivity contribution in [2.45, 2.75) is 26.2 Å². The van der Waals surface area contributed by atoms with Crippen molar-refractivity contribution in [2.75, 3.05) is 0 Å². The fourth-order valence-corrected chi connectivity index (χ4v) is 1.69. The topological polar surface area (TPSA) is 91.3 Å². The molecule has 0 aliphatic rings. The van der Waals surface area contributed by atoms with E-state index in [0.29, 0.717) is 0 Å². The van der Waals surface area contributed by atoms with Crippen molar-refractivity contribution < 1.29 is 52.1 Å². The van der Waals surface area contributed by atoms with Crippen molar-refractivity contribution in [2.24, 2.45) is 0 Å². The Hall–Kier alpha value is -0.530. The number of carbonyl (C=O) groups excluding carboxylic acids is 2. The molecule has 0 radical (unpaired) electrons. The first-order valence-corrected chi connectivity index (χ1v) is 5.75. The Morgan fingerprint density at radius 2 is 1.33 bits per heavy atom. The molecular formula is C11H13NaO5S. The molecule has 0 aliphatic heterocycles. The van der Waals surface area contributed by atoms with Gasteiger partial charge in [-0.05, 0) is 32.0 Å². The fraction of sp³-hybridized carbons (Fsp3) is 0.273.